The van der Waals surface area contributed by atoms with Crippen LogP contribution in [0.4, 0.5) is 4.39 Å². The van der Waals surface area contributed by atoms with E-state index >= 15 is 0 Å². The number of benzene rings is 2. The van der Waals surface area contributed by atoms with E-state index in [0.29, 0.717) is 17.2 Å². The number of amides is 1. The number of nitrogens with one attached hydrogen (secondary N) is 1. The maximum absolute atomic E-state index is 13.2. The summed E-state index contributed by atoms with van der Waals surface area (Å²) in [4.78, 5) is 12.1. The molecule has 1 N–H and O–H groups in total. The molecular weight excluding hydrogens is 301 g/mol. The molecule has 0 saturated heterocycles. The van der Waals surface area contributed by atoms with Crippen molar-refractivity contribution < 1.29 is 23.4 Å². The van der Waals surface area contributed by atoms with Gasteiger partial charge in [0.2, 0.25) is 5.75 Å². The highest BCUT2D eigenvalue weighted by atomic mass is 19.1. The number of hydrogen-bond acceptors (Lipinski definition) is 4. The summed E-state index contributed by atoms with van der Waals surface area (Å²) < 4.78 is 29.0. The Bertz CT molecular complexity index is 703. The number of carbonyl (C=O) groups is 1. The molecule has 0 aliphatic carbocycles. The molecule has 0 heterocycles. The molecule has 0 atom stereocenters. The summed E-state index contributed by atoms with van der Waals surface area (Å²) in [7, 11) is 4.55. The number of halogens is 1. The van der Waals surface area contributed by atoms with Crippen molar-refractivity contribution in [2.24, 2.45) is 0 Å². The lowest BCUT2D eigenvalue weighted by molar-refractivity contribution is 0.0950. The molecule has 0 unspecified atom stereocenters. The van der Waals surface area contributed by atoms with Crippen LogP contribution in [0.1, 0.15) is 15.9 Å². The third-order valence-corrected chi connectivity index (χ3v) is 3.31. The topological polar surface area (TPSA) is 56.8 Å². The first kappa shape index (κ1) is 16.6. The third-order valence-electron chi connectivity index (χ3n) is 3.31. The van der Waals surface area contributed by atoms with Crippen molar-refractivity contribution in [3.63, 3.8) is 0 Å². The second kappa shape index (κ2) is 7.49. The molecule has 2 aromatic carbocycles. The van der Waals surface area contributed by atoms with Gasteiger partial charge in [0.1, 0.15) is 5.82 Å². The molecule has 1 amide bonds. The van der Waals surface area contributed by atoms with E-state index in [2.05, 4.69) is 5.32 Å². The molecule has 0 saturated carbocycles. The normalized spacial score (nSPS) is 10.1. The predicted molar refractivity (Wildman–Crippen MR) is 83.7 cm³/mol. The molecule has 6 heteroatoms. The van der Waals surface area contributed by atoms with Crippen LogP contribution in [0.3, 0.4) is 0 Å². The Kier molecular flexibility index (Phi) is 5.41. The molecule has 0 spiro atoms. The summed E-state index contributed by atoms with van der Waals surface area (Å²) in [6.45, 7) is 0.207. The first-order valence-electron chi connectivity index (χ1n) is 6.92. The molecule has 0 aliphatic heterocycles. The minimum absolute atomic E-state index is 0.207. The molecule has 5 nitrogen and oxygen atoms in total. The number of rotatable bonds is 6. The fraction of sp³-hybridized carbons (Fsp3) is 0.235. The Morgan fingerprint density at radius 1 is 1.04 bits per heavy atom. The molecule has 0 radical (unpaired) electrons. The molecular formula is C17H18FNO4. The zero-order valence-corrected chi connectivity index (χ0v) is 13.2. The lowest BCUT2D eigenvalue weighted by Gasteiger charge is -2.16. The summed E-state index contributed by atoms with van der Waals surface area (Å²) in [5.74, 6) is 0.631. The van der Waals surface area contributed by atoms with Gasteiger partial charge in [-0.05, 0) is 30.3 Å². The van der Waals surface area contributed by atoms with Crippen molar-refractivity contribution >= 4 is 5.91 Å². The predicted octanol–water partition coefficient (Wildman–Crippen LogP) is 2.78. The second-order valence-electron chi connectivity index (χ2n) is 4.69. The van der Waals surface area contributed by atoms with Gasteiger partial charge in [-0.25, -0.2) is 4.39 Å². The summed E-state index contributed by atoms with van der Waals surface area (Å²) in [6.07, 6.45) is 0. The first-order chi connectivity index (χ1) is 11.1. The van der Waals surface area contributed by atoms with Crippen molar-refractivity contribution in [2.75, 3.05) is 21.3 Å². The Labute approximate surface area is 134 Å². The van der Waals surface area contributed by atoms with E-state index < -0.39 is 5.82 Å². The van der Waals surface area contributed by atoms with E-state index in [1.807, 2.05) is 0 Å². The van der Waals surface area contributed by atoms with Crippen molar-refractivity contribution in [1.82, 2.24) is 5.32 Å². The Balaban J connectivity index is 2.18. The summed E-state index contributed by atoms with van der Waals surface area (Å²) in [5.41, 5.74) is 0.972. The van der Waals surface area contributed by atoms with E-state index in [-0.39, 0.29) is 18.0 Å². The van der Waals surface area contributed by atoms with E-state index in [9.17, 15) is 9.18 Å². The monoisotopic (exact) mass is 319 g/mol. The van der Waals surface area contributed by atoms with Crippen LogP contribution >= 0.6 is 0 Å². The Hall–Kier alpha value is -2.76. The molecule has 2 aromatic rings. The van der Waals surface area contributed by atoms with Gasteiger partial charge in [0, 0.05) is 17.7 Å². The van der Waals surface area contributed by atoms with E-state index in [4.69, 9.17) is 14.2 Å². The lowest BCUT2D eigenvalue weighted by atomic mass is 10.1. The Morgan fingerprint density at radius 3 is 2.39 bits per heavy atom. The number of ether oxygens (including phenoxy) is 3. The fourth-order valence-electron chi connectivity index (χ4n) is 2.21. The smallest absolute Gasteiger partial charge is 0.251 e. The molecule has 0 bridgehead atoms. The second-order valence-corrected chi connectivity index (χ2v) is 4.69. The zero-order chi connectivity index (χ0) is 16.8. The average Bonchev–Trinajstić information content (AvgIpc) is 2.58. The van der Waals surface area contributed by atoms with Crippen LogP contribution in [-0.2, 0) is 6.54 Å². The third kappa shape index (κ3) is 3.71. The van der Waals surface area contributed by atoms with Gasteiger partial charge in [-0.3, -0.25) is 4.79 Å². The molecule has 23 heavy (non-hydrogen) atoms. The zero-order valence-electron chi connectivity index (χ0n) is 13.2. The van der Waals surface area contributed by atoms with Gasteiger partial charge in [-0.2, -0.15) is 0 Å². The van der Waals surface area contributed by atoms with Gasteiger partial charge < -0.3 is 19.5 Å². The summed E-state index contributed by atoms with van der Waals surface area (Å²) in [6, 6.07) is 9.00. The summed E-state index contributed by atoms with van der Waals surface area (Å²) in [5, 5.41) is 2.72. The van der Waals surface area contributed by atoms with Gasteiger partial charge in [-0.15, -0.1) is 0 Å². The average molecular weight is 319 g/mol. The Morgan fingerprint density at radius 2 is 1.78 bits per heavy atom. The van der Waals surface area contributed by atoms with Crippen LogP contribution < -0.4 is 19.5 Å². The summed E-state index contributed by atoms with van der Waals surface area (Å²) >= 11 is 0. The van der Waals surface area contributed by atoms with Crippen LogP contribution in [0.15, 0.2) is 36.4 Å². The van der Waals surface area contributed by atoms with Crippen molar-refractivity contribution in [1.29, 1.82) is 0 Å². The lowest BCUT2D eigenvalue weighted by Crippen LogP contribution is -2.23. The fourth-order valence-corrected chi connectivity index (χ4v) is 2.21. The maximum Gasteiger partial charge on any atom is 0.251 e. The number of hydrogen-bond donors (Lipinski definition) is 1. The minimum atomic E-state index is -0.457. The van der Waals surface area contributed by atoms with Gasteiger partial charge in [0.25, 0.3) is 5.91 Å². The highest BCUT2D eigenvalue weighted by Crippen LogP contribution is 2.39. The van der Waals surface area contributed by atoms with Crippen molar-refractivity contribution in [2.45, 2.75) is 6.54 Å². The standard InChI is InChI=1S/C17H18FNO4/c1-21-14-8-7-12(15(22-2)16(14)23-3)10-19-17(20)11-5-4-6-13(18)9-11/h4-9H,10H2,1-3H3,(H,19,20). The molecule has 0 aromatic heterocycles. The van der Waals surface area contributed by atoms with Gasteiger partial charge >= 0.3 is 0 Å². The largest absolute Gasteiger partial charge is 0.493 e. The van der Waals surface area contributed by atoms with Crippen molar-refractivity contribution in [3.8, 4) is 17.2 Å². The van der Waals surface area contributed by atoms with Gasteiger partial charge in [0.05, 0.1) is 21.3 Å². The van der Waals surface area contributed by atoms with Gasteiger partial charge in [0.15, 0.2) is 11.5 Å². The SMILES string of the molecule is COc1ccc(CNC(=O)c2cccc(F)c2)c(OC)c1OC. The van der Waals surface area contributed by atoms with Crippen LogP contribution in [0.2, 0.25) is 0 Å². The maximum atomic E-state index is 13.2. The van der Waals surface area contributed by atoms with E-state index in [0.717, 1.165) is 5.56 Å². The number of carbonyl (C=O) groups excluding carboxylic acids is 1. The minimum Gasteiger partial charge on any atom is -0.493 e. The van der Waals surface area contributed by atoms with Crippen LogP contribution in [0.25, 0.3) is 0 Å². The van der Waals surface area contributed by atoms with E-state index in [1.54, 1.807) is 18.2 Å². The van der Waals surface area contributed by atoms with Crippen LogP contribution in [0.5, 0.6) is 17.2 Å². The van der Waals surface area contributed by atoms with Gasteiger partial charge in [-0.1, -0.05) is 6.07 Å². The first-order valence-corrected chi connectivity index (χ1v) is 6.92. The van der Waals surface area contributed by atoms with Crippen molar-refractivity contribution in [3.05, 3.63) is 53.3 Å². The highest BCUT2D eigenvalue weighted by molar-refractivity contribution is 5.94. The molecule has 0 fully saturated rings. The molecule has 122 valence electrons. The van der Waals surface area contributed by atoms with E-state index in [1.165, 1.54) is 39.5 Å². The van der Waals surface area contributed by atoms with Crippen LogP contribution in [-0.4, -0.2) is 27.2 Å². The highest BCUT2D eigenvalue weighted by Gasteiger charge is 2.16. The van der Waals surface area contributed by atoms with Crippen LogP contribution in [0, 0.1) is 5.82 Å². The molecule has 0 aliphatic rings. The molecule has 2 rings (SSSR count). The quantitative estimate of drug-likeness (QED) is 0.889. The number of methoxy groups -OCH3 is 3.